The van der Waals surface area contributed by atoms with E-state index in [1.54, 1.807) is 7.11 Å². The molecule has 0 spiro atoms. The summed E-state index contributed by atoms with van der Waals surface area (Å²) in [5, 5.41) is 8.72. The minimum Gasteiger partial charge on any atom is -0.492 e. The zero-order chi connectivity index (χ0) is 11.4. The minimum atomic E-state index is 0.305. The Morgan fingerprint density at radius 1 is 1.38 bits per heavy atom. The molecule has 0 atom stereocenters. The molecule has 0 fully saturated rings. The molecule has 1 aromatic rings. The van der Waals surface area contributed by atoms with Crippen LogP contribution in [0.15, 0.2) is 12.1 Å². The first-order chi connectivity index (χ1) is 7.86. The van der Waals surface area contributed by atoms with Gasteiger partial charge in [-0.05, 0) is 6.07 Å². The van der Waals surface area contributed by atoms with E-state index in [4.69, 9.17) is 19.5 Å². The topological polar surface area (TPSA) is 51.5 Å². The number of benzene rings is 1. The largest absolute Gasteiger partial charge is 0.492 e. The monoisotopic (exact) mass is 219 g/mol. The van der Waals surface area contributed by atoms with E-state index in [0.29, 0.717) is 36.9 Å². The van der Waals surface area contributed by atoms with Gasteiger partial charge in [0, 0.05) is 12.0 Å². The molecule has 0 aromatic heterocycles. The fraction of sp³-hybridized carbons (Fsp3) is 0.417. The molecule has 0 N–H and O–H groups in total. The van der Waals surface area contributed by atoms with Crippen LogP contribution >= 0.6 is 0 Å². The molecule has 4 nitrogen and oxygen atoms in total. The summed E-state index contributed by atoms with van der Waals surface area (Å²) in [6, 6.07) is 5.78. The standard InChI is InChI=1S/C12H13NO3/c1-14-11-9(5-6-13)3-4-10-12(11)16-8-2-7-15-10/h3-4H,2,5,7-8H2,1H3. The molecule has 1 aliphatic heterocycles. The predicted octanol–water partition coefficient (Wildman–Crippen LogP) is 1.92. The van der Waals surface area contributed by atoms with Crippen LogP contribution in [0.3, 0.4) is 0 Å². The Hall–Kier alpha value is -1.89. The molecular weight excluding hydrogens is 206 g/mol. The van der Waals surface area contributed by atoms with Gasteiger partial charge < -0.3 is 14.2 Å². The first kappa shape index (κ1) is 10.6. The predicted molar refractivity (Wildman–Crippen MR) is 57.9 cm³/mol. The van der Waals surface area contributed by atoms with E-state index < -0.39 is 0 Å². The van der Waals surface area contributed by atoms with Crippen LogP contribution in [0, 0.1) is 11.3 Å². The number of nitriles is 1. The van der Waals surface area contributed by atoms with Gasteiger partial charge in [0.15, 0.2) is 11.5 Å². The first-order valence-electron chi connectivity index (χ1n) is 5.19. The Bertz CT molecular complexity index is 423. The highest BCUT2D eigenvalue weighted by Gasteiger charge is 2.18. The van der Waals surface area contributed by atoms with Gasteiger partial charge in [0.2, 0.25) is 5.75 Å². The van der Waals surface area contributed by atoms with E-state index in [9.17, 15) is 0 Å². The van der Waals surface area contributed by atoms with Gasteiger partial charge in [-0.2, -0.15) is 5.26 Å². The third-order valence-corrected chi connectivity index (χ3v) is 2.42. The average Bonchev–Trinajstić information content (AvgIpc) is 2.54. The second-order valence-electron chi connectivity index (χ2n) is 3.47. The van der Waals surface area contributed by atoms with Crippen LogP contribution in [-0.4, -0.2) is 20.3 Å². The fourth-order valence-corrected chi connectivity index (χ4v) is 1.70. The quantitative estimate of drug-likeness (QED) is 0.762. The highest BCUT2D eigenvalue weighted by molar-refractivity contribution is 5.56. The zero-order valence-electron chi connectivity index (χ0n) is 9.16. The second kappa shape index (κ2) is 4.75. The van der Waals surface area contributed by atoms with E-state index in [-0.39, 0.29) is 0 Å². The molecule has 0 radical (unpaired) electrons. The molecule has 1 aromatic carbocycles. The third kappa shape index (κ3) is 1.89. The molecule has 0 saturated carbocycles. The number of ether oxygens (including phenoxy) is 3. The van der Waals surface area contributed by atoms with Crippen LogP contribution in [0.5, 0.6) is 17.2 Å². The van der Waals surface area contributed by atoms with Crippen molar-refractivity contribution in [3.8, 4) is 23.3 Å². The van der Waals surface area contributed by atoms with Crippen molar-refractivity contribution in [1.29, 1.82) is 5.26 Å². The molecule has 0 bridgehead atoms. The normalized spacial score (nSPS) is 13.8. The maximum Gasteiger partial charge on any atom is 0.203 e. The van der Waals surface area contributed by atoms with E-state index >= 15 is 0 Å². The Kier molecular flexibility index (Phi) is 3.16. The second-order valence-corrected chi connectivity index (χ2v) is 3.47. The van der Waals surface area contributed by atoms with E-state index in [1.165, 1.54) is 0 Å². The molecule has 2 rings (SSSR count). The summed E-state index contributed by atoms with van der Waals surface area (Å²) in [4.78, 5) is 0. The minimum absolute atomic E-state index is 0.305. The van der Waals surface area contributed by atoms with Crippen molar-refractivity contribution < 1.29 is 14.2 Å². The van der Waals surface area contributed by atoms with Gasteiger partial charge in [0.25, 0.3) is 0 Å². The Morgan fingerprint density at radius 3 is 2.94 bits per heavy atom. The molecule has 1 heterocycles. The number of fused-ring (bicyclic) bond motifs is 1. The highest BCUT2D eigenvalue weighted by Crippen LogP contribution is 2.41. The van der Waals surface area contributed by atoms with Crippen LogP contribution in [-0.2, 0) is 6.42 Å². The van der Waals surface area contributed by atoms with Gasteiger partial charge in [0.1, 0.15) is 0 Å². The van der Waals surface area contributed by atoms with Crippen LogP contribution in [0.25, 0.3) is 0 Å². The summed E-state index contributed by atoms with van der Waals surface area (Å²) in [6.07, 6.45) is 1.16. The fourth-order valence-electron chi connectivity index (χ4n) is 1.70. The van der Waals surface area contributed by atoms with Crippen LogP contribution in [0.4, 0.5) is 0 Å². The smallest absolute Gasteiger partial charge is 0.203 e. The molecule has 0 saturated heterocycles. The van der Waals surface area contributed by atoms with Crippen molar-refractivity contribution >= 4 is 0 Å². The summed E-state index contributed by atoms with van der Waals surface area (Å²) in [7, 11) is 1.57. The SMILES string of the molecule is COc1c(CC#N)ccc2c1OCCCO2. The van der Waals surface area contributed by atoms with Crippen LogP contribution in [0.2, 0.25) is 0 Å². The molecule has 16 heavy (non-hydrogen) atoms. The lowest BCUT2D eigenvalue weighted by Gasteiger charge is -2.14. The van der Waals surface area contributed by atoms with Gasteiger partial charge in [0.05, 0.1) is 32.8 Å². The van der Waals surface area contributed by atoms with Crippen LogP contribution in [0.1, 0.15) is 12.0 Å². The first-order valence-corrected chi connectivity index (χ1v) is 5.19. The maximum atomic E-state index is 8.72. The molecule has 0 amide bonds. The summed E-state index contributed by atoms with van der Waals surface area (Å²) in [5.41, 5.74) is 0.828. The molecule has 0 aliphatic carbocycles. The Balaban J connectivity index is 2.46. The molecule has 4 heteroatoms. The number of rotatable bonds is 2. The van der Waals surface area contributed by atoms with Crippen molar-refractivity contribution in [1.82, 2.24) is 0 Å². The van der Waals surface area contributed by atoms with Gasteiger partial charge in [-0.15, -0.1) is 0 Å². The van der Waals surface area contributed by atoms with Crippen molar-refractivity contribution in [3.05, 3.63) is 17.7 Å². The zero-order valence-corrected chi connectivity index (χ0v) is 9.16. The lowest BCUT2D eigenvalue weighted by Crippen LogP contribution is -1.99. The van der Waals surface area contributed by atoms with Gasteiger partial charge in [-0.25, -0.2) is 0 Å². The Labute approximate surface area is 94.3 Å². The van der Waals surface area contributed by atoms with Gasteiger partial charge in [-0.3, -0.25) is 0 Å². The van der Waals surface area contributed by atoms with Crippen molar-refractivity contribution in [2.45, 2.75) is 12.8 Å². The van der Waals surface area contributed by atoms with Crippen molar-refractivity contribution in [3.63, 3.8) is 0 Å². The highest BCUT2D eigenvalue weighted by atomic mass is 16.5. The van der Waals surface area contributed by atoms with E-state index in [2.05, 4.69) is 6.07 Å². The van der Waals surface area contributed by atoms with Crippen LogP contribution < -0.4 is 14.2 Å². The van der Waals surface area contributed by atoms with Crippen molar-refractivity contribution in [2.24, 2.45) is 0 Å². The summed E-state index contributed by atoms with van der Waals surface area (Å²) < 4.78 is 16.4. The lowest BCUT2D eigenvalue weighted by atomic mass is 10.1. The van der Waals surface area contributed by atoms with E-state index in [1.807, 2.05) is 12.1 Å². The van der Waals surface area contributed by atoms with Gasteiger partial charge >= 0.3 is 0 Å². The van der Waals surface area contributed by atoms with Gasteiger partial charge in [-0.1, -0.05) is 6.07 Å². The number of methoxy groups -OCH3 is 1. The van der Waals surface area contributed by atoms with Crippen molar-refractivity contribution in [2.75, 3.05) is 20.3 Å². The molecule has 1 aliphatic rings. The third-order valence-electron chi connectivity index (χ3n) is 2.42. The molecular formula is C12H13NO3. The Morgan fingerprint density at radius 2 is 2.19 bits per heavy atom. The number of hydrogen-bond acceptors (Lipinski definition) is 4. The number of nitrogens with zero attached hydrogens (tertiary/aromatic N) is 1. The molecule has 84 valence electrons. The maximum absolute atomic E-state index is 8.72. The summed E-state index contributed by atoms with van der Waals surface area (Å²) in [5.74, 6) is 1.92. The number of hydrogen-bond donors (Lipinski definition) is 0. The summed E-state index contributed by atoms with van der Waals surface area (Å²) in [6.45, 7) is 1.26. The van der Waals surface area contributed by atoms with E-state index in [0.717, 1.165) is 12.0 Å². The molecule has 0 unspecified atom stereocenters. The lowest BCUT2D eigenvalue weighted by molar-refractivity contribution is 0.289. The summed E-state index contributed by atoms with van der Waals surface area (Å²) >= 11 is 0. The average molecular weight is 219 g/mol.